The van der Waals surface area contributed by atoms with Gasteiger partial charge in [-0.3, -0.25) is 9.69 Å². The number of hydrogen-bond acceptors (Lipinski definition) is 5. The van der Waals surface area contributed by atoms with Gasteiger partial charge in [0.25, 0.3) is 5.91 Å². The van der Waals surface area contributed by atoms with Crippen LogP contribution in [0.2, 0.25) is 0 Å². The summed E-state index contributed by atoms with van der Waals surface area (Å²) >= 11 is 1.07. The monoisotopic (exact) mass is 416 g/mol. The fraction of sp³-hybridized carbons (Fsp3) is 0.579. The summed E-state index contributed by atoms with van der Waals surface area (Å²) in [6.45, 7) is 2.82. The van der Waals surface area contributed by atoms with E-state index in [0.29, 0.717) is 19.6 Å². The first-order valence-electron chi connectivity index (χ1n) is 9.12. The van der Waals surface area contributed by atoms with E-state index in [0.717, 1.165) is 55.5 Å². The van der Waals surface area contributed by atoms with Crippen molar-refractivity contribution in [3.8, 4) is 5.75 Å². The van der Waals surface area contributed by atoms with Gasteiger partial charge in [0.2, 0.25) is 0 Å². The molecular weight excluding hydrogens is 393 g/mol. The zero-order valence-corrected chi connectivity index (χ0v) is 16.7. The lowest BCUT2D eigenvalue weighted by Crippen LogP contribution is -2.46. The summed E-state index contributed by atoms with van der Waals surface area (Å²) < 4.78 is 50.1. The van der Waals surface area contributed by atoms with Crippen LogP contribution in [-0.2, 0) is 10.9 Å². The second-order valence-electron chi connectivity index (χ2n) is 6.75. The molecule has 2 aliphatic heterocycles. The minimum Gasteiger partial charge on any atom is -0.496 e. The molecule has 0 N–H and O–H groups in total. The molecule has 0 bridgehead atoms. The minimum absolute atomic E-state index is 0.0571. The molecule has 9 heteroatoms. The molecule has 0 saturated carbocycles. The highest BCUT2D eigenvalue weighted by Crippen LogP contribution is 2.38. The third-order valence-corrected chi connectivity index (χ3v) is 5.80. The highest BCUT2D eigenvalue weighted by Gasteiger charge is 2.34. The van der Waals surface area contributed by atoms with Gasteiger partial charge in [-0.25, -0.2) is 4.99 Å². The van der Waals surface area contributed by atoms with E-state index in [2.05, 4.69) is 9.89 Å². The van der Waals surface area contributed by atoms with E-state index in [-0.39, 0.29) is 22.3 Å². The van der Waals surface area contributed by atoms with Gasteiger partial charge in [0.1, 0.15) is 5.75 Å². The van der Waals surface area contributed by atoms with Gasteiger partial charge in [0, 0.05) is 17.0 Å². The molecule has 0 spiro atoms. The number of ether oxygens (including phenoxy) is 2. The first kappa shape index (κ1) is 21.1. The standard InChI is InChI=1S/C19H23F3N2O3S/c1-26-15-9-12(19(20,21)22)10-16(28-2)17(15)18(25)23-13-5-8-27-11-14(13)24-6-3-4-7-24/h9-10,14H,3-8,11H2,1-2H3/t14-/m1/s1. The normalized spacial score (nSPS) is 22.6. The first-order valence-corrected chi connectivity index (χ1v) is 10.3. The largest absolute Gasteiger partial charge is 0.496 e. The van der Waals surface area contributed by atoms with Crippen LogP contribution in [-0.4, -0.2) is 62.2 Å². The van der Waals surface area contributed by atoms with Crippen LogP contribution in [0, 0.1) is 0 Å². The summed E-state index contributed by atoms with van der Waals surface area (Å²) in [5, 5.41) is 0. The van der Waals surface area contributed by atoms with E-state index >= 15 is 0 Å². The number of likely N-dealkylation sites (tertiary alicyclic amines) is 1. The van der Waals surface area contributed by atoms with Crippen LogP contribution < -0.4 is 4.74 Å². The van der Waals surface area contributed by atoms with Gasteiger partial charge in [0.15, 0.2) is 0 Å². The van der Waals surface area contributed by atoms with Crippen molar-refractivity contribution in [3.05, 3.63) is 23.3 Å². The Balaban J connectivity index is 1.97. The molecule has 1 amide bonds. The number of nitrogens with zero attached hydrogens (tertiary/aromatic N) is 2. The van der Waals surface area contributed by atoms with E-state index in [9.17, 15) is 18.0 Å². The van der Waals surface area contributed by atoms with Crippen molar-refractivity contribution < 1.29 is 27.4 Å². The zero-order valence-electron chi connectivity index (χ0n) is 15.8. The lowest BCUT2D eigenvalue weighted by molar-refractivity contribution is -0.137. The van der Waals surface area contributed by atoms with Crippen molar-refractivity contribution in [1.82, 2.24) is 4.90 Å². The van der Waals surface area contributed by atoms with E-state index < -0.39 is 17.6 Å². The highest BCUT2D eigenvalue weighted by molar-refractivity contribution is 7.98. The molecule has 2 fully saturated rings. The molecule has 5 nitrogen and oxygen atoms in total. The smallest absolute Gasteiger partial charge is 0.416 e. The van der Waals surface area contributed by atoms with Crippen molar-refractivity contribution in [3.63, 3.8) is 0 Å². The molecule has 2 saturated heterocycles. The molecular formula is C19H23F3N2O3S. The number of thioether (sulfide) groups is 1. The Labute approximate surface area is 166 Å². The Hall–Kier alpha value is -1.58. The summed E-state index contributed by atoms with van der Waals surface area (Å²) in [5.41, 5.74) is -0.0479. The number of hydrogen-bond donors (Lipinski definition) is 0. The Morgan fingerprint density at radius 2 is 2.04 bits per heavy atom. The van der Waals surface area contributed by atoms with Crippen molar-refractivity contribution in [2.75, 3.05) is 39.7 Å². The summed E-state index contributed by atoms with van der Waals surface area (Å²) in [5.74, 6) is -0.686. The van der Waals surface area contributed by atoms with Crippen LogP contribution in [0.1, 0.15) is 35.2 Å². The molecule has 0 radical (unpaired) electrons. The molecule has 0 unspecified atom stereocenters. The van der Waals surface area contributed by atoms with Gasteiger partial charge in [-0.1, -0.05) is 0 Å². The predicted molar refractivity (Wildman–Crippen MR) is 102 cm³/mol. The fourth-order valence-electron chi connectivity index (χ4n) is 3.61. The van der Waals surface area contributed by atoms with Crippen LogP contribution in [0.5, 0.6) is 5.75 Å². The van der Waals surface area contributed by atoms with Crippen LogP contribution in [0.4, 0.5) is 13.2 Å². The van der Waals surface area contributed by atoms with Gasteiger partial charge in [-0.05, 0) is 44.3 Å². The van der Waals surface area contributed by atoms with Crippen LogP contribution in [0.15, 0.2) is 22.0 Å². The minimum atomic E-state index is -4.52. The fourth-order valence-corrected chi connectivity index (χ4v) is 4.24. The summed E-state index contributed by atoms with van der Waals surface area (Å²) in [6, 6.07) is 1.77. The topological polar surface area (TPSA) is 51.1 Å². The van der Waals surface area contributed by atoms with Crippen LogP contribution in [0.3, 0.4) is 0 Å². The Kier molecular flexibility index (Phi) is 6.67. The summed E-state index contributed by atoms with van der Waals surface area (Å²) in [7, 11) is 1.25. The zero-order chi connectivity index (χ0) is 20.3. The van der Waals surface area contributed by atoms with E-state index in [1.165, 1.54) is 7.11 Å². The van der Waals surface area contributed by atoms with E-state index in [4.69, 9.17) is 9.47 Å². The Morgan fingerprint density at radius 1 is 1.32 bits per heavy atom. The lowest BCUT2D eigenvalue weighted by atomic mass is 10.0. The molecule has 154 valence electrons. The summed E-state index contributed by atoms with van der Waals surface area (Å²) in [6.07, 6.45) is -0.167. The number of benzene rings is 1. The maximum Gasteiger partial charge on any atom is 0.416 e. The van der Waals surface area contributed by atoms with Gasteiger partial charge in [0.05, 0.1) is 37.5 Å². The number of amides is 1. The van der Waals surface area contributed by atoms with Gasteiger partial charge >= 0.3 is 6.18 Å². The molecule has 0 aromatic heterocycles. The SMILES string of the molecule is COc1cc(C(F)(F)F)cc(SC)c1C(=O)N=C1CCOC[C@H]1N1CCCC1. The van der Waals surface area contributed by atoms with Crippen molar-refractivity contribution in [2.24, 2.45) is 4.99 Å². The predicted octanol–water partition coefficient (Wildman–Crippen LogP) is 3.90. The quantitative estimate of drug-likeness (QED) is 0.697. The number of aliphatic imine (C=N–C) groups is 1. The molecule has 1 aromatic carbocycles. The third kappa shape index (κ3) is 4.52. The molecule has 2 heterocycles. The number of halogens is 3. The Morgan fingerprint density at radius 3 is 2.64 bits per heavy atom. The molecule has 0 aliphatic carbocycles. The van der Waals surface area contributed by atoms with Crippen molar-refractivity contribution >= 4 is 23.4 Å². The molecule has 28 heavy (non-hydrogen) atoms. The van der Waals surface area contributed by atoms with Crippen LogP contribution >= 0.6 is 11.8 Å². The average Bonchev–Trinajstić information content (AvgIpc) is 3.21. The molecule has 3 rings (SSSR count). The second kappa shape index (κ2) is 8.84. The molecule has 1 aromatic rings. The van der Waals surface area contributed by atoms with E-state index in [1.54, 1.807) is 6.26 Å². The maximum atomic E-state index is 13.2. The number of alkyl halides is 3. The number of rotatable bonds is 4. The molecule has 1 atom stereocenters. The third-order valence-electron chi connectivity index (χ3n) is 5.04. The Bertz CT molecular complexity index is 736. The first-order chi connectivity index (χ1) is 13.3. The van der Waals surface area contributed by atoms with E-state index in [1.807, 2.05) is 0 Å². The number of carbonyl (C=O) groups excluding carboxylic acids is 1. The van der Waals surface area contributed by atoms with Gasteiger partial charge < -0.3 is 9.47 Å². The average molecular weight is 416 g/mol. The van der Waals surface area contributed by atoms with Crippen LogP contribution in [0.25, 0.3) is 0 Å². The maximum absolute atomic E-state index is 13.2. The van der Waals surface area contributed by atoms with Crippen molar-refractivity contribution in [2.45, 2.75) is 36.4 Å². The molecule has 2 aliphatic rings. The summed E-state index contributed by atoms with van der Waals surface area (Å²) in [4.78, 5) is 19.7. The lowest BCUT2D eigenvalue weighted by Gasteiger charge is -2.32. The number of carbonyl (C=O) groups is 1. The van der Waals surface area contributed by atoms with Crippen molar-refractivity contribution in [1.29, 1.82) is 0 Å². The van der Waals surface area contributed by atoms with Gasteiger partial charge in [-0.15, -0.1) is 11.8 Å². The second-order valence-corrected chi connectivity index (χ2v) is 7.59. The number of methoxy groups -OCH3 is 1. The van der Waals surface area contributed by atoms with Gasteiger partial charge in [-0.2, -0.15) is 13.2 Å². The highest BCUT2D eigenvalue weighted by atomic mass is 32.2.